The molecule has 2 aromatic carbocycles. The van der Waals surface area contributed by atoms with Crippen molar-refractivity contribution >= 4 is 10.8 Å². The second-order valence-electron chi connectivity index (χ2n) is 10.5. The van der Waals surface area contributed by atoms with Gasteiger partial charge in [0.05, 0.1) is 13.2 Å². The van der Waals surface area contributed by atoms with Gasteiger partial charge in [0.25, 0.3) is 0 Å². The van der Waals surface area contributed by atoms with E-state index in [-0.39, 0.29) is 0 Å². The molecule has 0 aliphatic heterocycles. The summed E-state index contributed by atoms with van der Waals surface area (Å²) in [5.41, 5.74) is 2.85. The molecular weight excluding hydrogens is 404 g/mol. The van der Waals surface area contributed by atoms with Gasteiger partial charge >= 0.3 is 0 Å². The van der Waals surface area contributed by atoms with Gasteiger partial charge in [-0.25, -0.2) is 0 Å². The zero-order valence-electron chi connectivity index (χ0n) is 22.1. The second kappa shape index (κ2) is 13.3. The largest absolute Gasteiger partial charge is 0.492 e. The summed E-state index contributed by atoms with van der Waals surface area (Å²) in [4.78, 5) is 0. The van der Waals surface area contributed by atoms with Crippen LogP contribution >= 0.6 is 0 Å². The van der Waals surface area contributed by atoms with E-state index < -0.39 is 0 Å². The summed E-state index contributed by atoms with van der Waals surface area (Å²) < 4.78 is 13.4. The third-order valence-corrected chi connectivity index (χ3v) is 7.78. The van der Waals surface area contributed by atoms with Gasteiger partial charge < -0.3 is 9.47 Å². The number of fused-ring (bicyclic) bond motifs is 2. The lowest BCUT2D eigenvalue weighted by atomic mass is 9.82. The predicted octanol–water partition coefficient (Wildman–Crippen LogP) is 9.16. The van der Waals surface area contributed by atoms with Crippen molar-refractivity contribution in [3.63, 3.8) is 0 Å². The summed E-state index contributed by atoms with van der Waals surface area (Å²) in [6.45, 7) is 13.2. The number of hydrogen-bond donors (Lipinski definition) is 0. The van der Waals surface area contributed by atoms with E-state index >= 15 is 0 Å². The highest BCUT2D eigenvalue weighted by atomic mass is 16.5. The van der Waals surface area contributed by atoms with Crippen molar-refractivity contribution in [2.75, 3.05) is 13.2 Å². The van der Waals surface area contributed by atoms with Crippen LogP contribution in [0, 0.1) is 17.8 Å². The van der Waals surface area contributed by atoms with Crippen molar-refractivity contribution in [1.82, 2.24) is 0 Å². The maximum Gasteiger partial charge on any atom is 0.130 e. The van der Waals surface area contributed by atoms with Crippen molar-refractivity contribution in [2.45, 2.75) is 105 Å². The topological polar surface area (TPSA) is 18.5 Å². The van der Waals surface area contributed by atoms with E-state index in [1.54, 1.807) is 0 Å². The molecule has 2 heteroatoms. The maximum atomic E-state index is 6.72. The maximum absolute atomic E-state index is 6.72. The molecule has 0 N–H and O–H groups in total. The van der Waals surface area contributed by atoms with Crippen LogP contribution in [0.2, 0.25) is 0 Å². The van der Waals surface area contributed by atoms with Crippen LogP contribution in [-0.4, -0.2) is 13.2 Å². The molecule has 3 rings (SSSR count). The van der Waals surface area contributed by atoms with Crippen LogP contribution in [0.1, 0.15) is 104 Å². The van der Waals surface area contributed by atoms with Gasteiger partial charge in [-0.3, -0.25) is 0 Å². The fourth-order valence-corrected chi connectivity index (χ4v) is 5.33. The fraction of sp³-hybridized carbons (Fsp3) is 0.677. The van der Waals surface area contributed by atoms with Crippen LogP contribution in [0.25, 0.3) is 10.8 Å². The zero-order chi connectivity index (χ0) is 23.6. The first-order chi connectivity index (χ1) is 16.1. The lowest BCUT2D eigenvalue weighted by Crippen LogP contribution is -2.19. The SMILES string of the molecule is CCCCC(CC)COc1c2c(c(OCC(CC)CCCC)c3ccccc13)CC(C)CC2. The van der Waals surface area contributed by atoms with Gasteiger partial charge in [0.1, 0.15) is 11.5 Å². The highest BCUT2D eigenvalue weighted by Crippen LogP contribution is 2.45. The van der Waals surface area contributed by atoms with Crippen molar-refractivity contribution < 1.29 is 9.47 Å². The molecule has 0 saturated carbocycles. The molecule has 33 heavy (non-hydrogen) atoms. The summed E-state index contributed by atoms with van der Waals surface area (Å²) >= 11 is 0. The Morgan fingerprint density at radius 2 is 1.30 bits per heavy atom. The van der Waals surface area contributed by atoms with Crippen LogP contribution < -0.4 is 9.47 Å². The van der Waals surface area contributed by atoms with Crippen molar-refractivity contribution in [3.8, 4) is 11.5 Å². The van der Waals surface area contributed by atoms with Gasteiger partial charge in [-0.2, -0.15) is 0 Å². The monoisotopic (exact) mass is 452 g/mol. The first kappa shape index (κ1) is 25.9. The first-order valence-corrected chi connectivity index (χ1v) is 13.9. The van der Waals surface area contributed by atoms with Crippen LogP contribution in [0.15, 0.2) is 24.3 Å². The minimum absolute atomic E-state index is 0.639. The van der Waals surface area contributed by atoms with E-state index in [1.165, 1.54) is 79.7 Å². The molecule has 2 nitrogen and oxygen atoms in total. The summed E-state index contributed by atoms with van der Waals surface area (Å²) in [5.74, 6) is 4.27. The lowest BCUT2D eigenvalue weighted by Gasteiger charge is -2.29. The van der Waals surface area contributed by atoms with E-state index in [4.69, 9.17) is 9.47 Å². The third kappa shape index (κ3) is 6.67. The van der Waals surface area contributed by atoms with E-state index in [2.05, 4.69) is 58.9 Å². The normalized spacial score (nSPS) is 17.5. The average molecular weight is 453 g/mol. The van der Waals surface area contributed by atoms with E-state index in [0.29, 0.717) is 17.8 Å². The Bertz CT molecular complexity index is 856. The van der Waals surface area contributed by atoms with Crippen LogP contribution in [0.4, 0.5) is 0 Å². The first-order valence-electron chi connectivity index (χ1n) is 13.9. The average Bonchev–Trinajstić information content (AvgIpc) is 2.84. The van der Waals surface area contributed by atoms with E-state index in [9.17, 15) is 0 Å². The smallest absolute Gasteiger partial charge is 0.130 e. The van der Waals surface area contributed by atoms with E-state index in [1.807, 2.05) is 0 Å². The molecule has 1 aliphatic rings. The van der Waals surface area contributed by atoms with Gasteiger partial charge in [-0.1, -0.05) is 97.4 Å². The molecule has 3 unspecified atom stereocenters. The highest BCUT2D eigenvalue weighted by Gasteiger charge is 2.27. The zero-order valence-corrected chi connectivity index (χ0v) is 22.1. The molecule has 0 spiro atoms. The lowest BCUT2D eigenvalue weighted by molar-refractivity contribution is 0.226. The summed E-state index contributed by atoms with van der Waals surface area (Å²) in [7, 11) is 0. The molecule has 3 atom stereocenters. The Morgan fingerprint density at radius 1 is 0.788 bits per heavy atom. The predicted molar refractivity (Wildman–Crippen MR) is 143 cm³/mol. The van der Waals surface area contributed by atoms with Gasteiger partial charge in [0.15, 0.2) is 0 Å². The van der Waals surface area contributed by atoms with Crippen LogP contribution in [-0.2, 0) is 12.8 Å². The Morgan fingerprint density at radius 3 is 1.79 bits per heavy atom. The number of rotatable bonds is 14. The number of unbranched alkanes of at least 4 members (excludes halogenated alkanes) is 2. The van der Waals surface area contributed by atoms with Crippen LogP contribution in [0.5, 0.6) is 11.5 Å². The number of benzene rings is 2. The molecule has 0 aromatic heterocycles. The standard InChI is InChI=1S/C31H48O2/c1-6-10-14-24(8-3)21-32-30-26-16-12-13-17-27(26)31(29-20-23(5)18-19-28(29)30)33-22-25(9-4)15-11-7-2/h12-13,16-17,23-25H,6-11,14-15,18-22H2,1-5H3. The van der Waals surface area contributed by atoms with Gasteiger partial charge in [-0.05, 0) is 49.9 Å². The molecule has 0 radical (unpaired) electrons. The molecule has 0 amide bonds. The molecule has 1 aliphatic carbocycles. The molecule has 0 heterocycles. The fourth-order valence-electron chi connectivity index (χ4n) is 5.33. The minimum Gasteiger partial charge on any atom is -0.492 e. The molecule has 0 fully saturated rings. The van der Waals surface area contributed by atoms with Crippen LogP contribution in [0.3, 0.4) is 0 Å². The summed E-state index contributed by atoms with van der Waals surface area (Å²) in [5, 5.41) is 2.49. The molecular formula is C31H48O2. The van der Waals surface area contributed by atoms with Crippen molar-refractivity contribution in [1.29, 1.82) is 0 Å². The van der Waals surface area contributed by atoms with Gasteiger partial charge in [-0.15, -0.1) is 0 Å². The molecule has 184 valence electrons. The molecule has 0 bridgehead atoms. The Labute approximate surface area is 203 Å². The Hall–Kier alpha value is -1.70. The Kier molecular flexibility index (Phi) is 10.4. The van der Waals surface area contributed by atoms with Gasteiger partial charge in [0, 0.05) is 21.9 Å². The summed E-state index contributed by atoms with van der Waals surface area (Å²) in [6.07, 6.45) is 13.5. The third-order valence-electron chi connectivity index (χ3n) is 7.78. The molecule has 2 aromatic rings. The van der Waals surface area contributed by atoms with Crippen molar-refractivity contribution in [2.24, 2.45) is 17.8 Å². The number of ether oxygens (including phenoxy) is 2. The van der Waals surface area contributed by atoms with E-state index in [0.717, 1.165) is 37.6 Å². The quantitative estimate of drug-likeness (QED) is 0.284. The summed E-state index contributed by atoms with van der Waals surface area (Å²) in [6, 6.07) is 8.80. The number of hydrogen-bond acceptors (Lipinski definition) is 2. The Balaban J connectivity index is 1.95. The van der Waals surface area contributed by atoms with Crippen molar-refractivity contribution in [3.05, 3.63) is 35.4 Å². The molecule has 0 saturated heterocycles. The minimum atomic E-state index is 0.639. The van der Waals surface area contributed by atoms with Gasteiger partial charge in [0.2, 0.25) is 0 Å². The highest BCUT2D eigenvalue weighted by molar-refractivity contribution is 5.96. The second-order valence-corrected chi connectivity index (χ2v) is 10.5.